The van der Waals surface area contributed by atoms with Gasteiger partial charge in [-0.2, -0.15) is 0 Å². The lowest BCUT2D eigenvalue weighted by Crippen LogP contribution is -2.50. The Morgan fingerprint density at radius 2 is 2.27 bits per heavy atom. The molecular formula is C10H20N2O3. The summed E-state index contributed by atoms with van der Waals surface area (Å²) in [7, 11) is 0. The van der Waals surface area contributed by atoms with E-state index in [0.29, 0.717) is 18.5 Å². The van der Waals surface area contributed by atoms with Gasteiger partial charge in [-0.15, -0.1) is 0 Å². The summed E-state index contributed by atoms with van der Waals surface area (Å²) in [4.78, 5) is 12.5. The summed E-state index contributed by atoms with van der Waals surface area (Å²) in [5, 5.41) is 20.6. The average molecular weight is 216 g/mol. The van der Waals surface area contributed by atoms with Gasteiger partial charge in [0.15, 0.2) is 0 Å². The first-order chi connectivity index (χ1) is 7.11. The number of carbonyl (C=O) groups is 1. The molecule has 5 heteroatoms. The number of hydrogen-bond donors (Lipinski definition) is 3. The van der Waals surface area contributed by atoms with Crippen molar-refractivity contribution in [1.29, 1.82) is 0 Å². The molecule has 15 heavy (non-hydrogen) atoms. The number of likely N-dealkylation sites (tertiary alicyclic amines) is 1. The van der Waals surface area contributed by atoms with E-state index in [1.165, 1.54) is 0 Å². The summed E-state index contributed by atoms with van der Waals surface area (Å²) >= 11 is 0. The Hall–Kier alpha value is -0.650. The molecule has 2 unspecified atom stereocenters. The second-order valence-electron chi connectivity index (χ2n) is 4.30. The van der Waals surface area contributed by atoms with Crippen molar-refractivity contribution in [2.45, 2.75) is 19.4 Å². The summed E-state index contributed by atoms with van der Waals surface area (Å²) in [5.74, 6) is -0.265. The first-order valence-corrected chi connectivity index (χ1v) is 5.40. The van der Waals surface area contributed by atoms with Gasteiger partial charge in [0.25, 0.3) is 0 Å². The van der Waals surface area contributed by atoms with Gasteiger partial charge in [0.2, 0.25) is 0 Å². The third-order valence-corrected chi connectivity index (χ3v) is 2.64. The van der Waals surface area contributed by atoms with Gasteiger partial charge in [0, 0.05) is 25.7 Å². The van der Waals surface area contributed by atoms with Gasteiger partial charge in [0.05, 0.1) is 13.2 Å². The van der Waals surface area contributed by atoms with Crippen LogP contribution in [0.4, 0.5) is 0 Å². The predicted octanol–water partition coefficient (Wildman–Crippen LogP) is -0.637. The highest BCUT2D eigenvalue weighted by molar-refractivity contribution is 5.69. The fourth-order valence-electron chi connectivity index (χ4n) is 2.20. The normalized spacial score (nSPS) is 27.9. The Kier molecular flexibility index (Phi) is 5.01. The zero-order chi connectivity index (χ0) is 11.3. The molecule has 0 amide bonds. The lowest BCUT2D eigenvalue weighted by atomic mass is 9.96. The van der Waals surface area contributed by atoms with Gasteiger partial charge >= 0.3 is 5.97 Å². The molecular weight excluding hydrogens is 196 g/mol. The van der Waals surface area contributed by atoms with Gasteiger partial charge in [-0.3, -0.25) is 9.69 Å². The third-order valence-electron chi connectivity index (χ3n) is 2.64. The zero-order valence-electron chi connectivity index (χ0n) is 9.15. The summed E-state index contributed by atoms with van der Waals surface area (Å²) in [6.07, 6.45) is 1.05. The molecule has 0 bridgehead atoms. The Bertz CT molecular complexity index is 211. The van der Waals surface area contributed by atoms with E-state index in [2.05, 4.69) is 12.2 Å². The van der Waals surface area contributed by atoms with Gasteiger partial charge in [0.1, 0.15) is 0 Å². The number of nitrogens with zero attached hydrogens (tertiary/aromatic N) is 1. The molecule has 0 aliphatic carbocycles. The third kappa shape index (κ3) is 4.59. The van der Waals surface area contributed by atoms with Crippen LogP contribution in [0.2, 0.25) is 0 Å². The molecule has 1 aliphatic rings. The van der Waals surface area contributed by atoms with Crippen LogP contribution in [0.15, 0.2) is 0 Å². The number of rotatable bonds is 5. The standard InChI is InChI=1S/C10H20N2O3/c1-8-4-9(11-2-3-13)6-12(5-8)7-10(14)15/h8-9,11,13H,2-7H2,1H3,(H,14,15). The smallest absolute Gasteiger partial charge is 0.317 e. The van der Waals surface area contributed by atoms with Crippen molar-refractivity contribution in [3.63, 3.8) is 0 Å². The van der Waals surface area contributed by atoms with Crippen LogP contribution in [0.1, 0.15) is 13.3 Å². The van der Waals surface area contributed by atoms with Gasteiger partial charge < -0.3 is 15.5 Å². The quantitative estimate of drug-likeness (QED) is 0.570. The van der Waals surface area contributed by atoms with Crippen LogP contribution >= 0.6 is 0 Å². The fraction of sp³-hybridized carbons (Fsp3) is 0.900. The minimum atomic E-state index is -0.773. The van der Waals surface area contributed by atoms with E-state index >= 15 is 0 Å². The van der Waals surface area contributed by atoms with E-state index in [4.69, 9.17) is 10.2 Å². The molecule has 1 heterocycles. The molecule has 1 aliphatic heterocycles. The maximum atomic E-state index is 10.6. The lowest BCUT2D eigenvalue weighted by molar-refractivity contribution is -0.138. The van der Waals surface area contributed by atoms with Crippen molar-refractivity contribution in [2.75, 3.05) is 32.8 Å². The molecule has 1 saturated heterocycles. The van der Waals surface area contributed by atoms with E-state index < -0.39 is 5.97 Å². The second kappa shape index (κ2) is 6.05. The van der Waals surface area contributed by atoms with Crippen molar-refractivity contribution in [1.82, 2.24) is 10.2 Å². The molecule has 0 aromatic rings. The van der Waals surface area contributed by atoms with Crippen molar-refractivity contribution >= 4 is 5.97 Å². The maximum Gasteiger partial charge on any atom is 0.317 e. The molecule has 0 aromatic carbocycles. The van der Waals surface area contributed by atoms with E-state index in [-0.39, 0.29) is 13.2 Å². The van der Waals surface area contributed by atoms with Gasteiger partial charge in [-0.25, -0.2) is 0 Å². The SMILES string of the molecule is CC1CC(NCCO)CN(CC(=O)O)C1. The first-order valence-electron chi connectivity index (χ1n) is 5.40. The highest BCUT2D eigenvalue weighted by Crippen LogP contribution is 2.15. The molecule has 0 spiro atoms. The fourth-order valence-corrected chi connectivity index (χ4v) is 2.20. The Morgan fingerprint density at radius 3 is 2.87 bits per heavy atom. The highest BCUT2D eigenvalue weighted by atomic mass is 16.4. The monoisotopic (exact) mass is 216 g/mol. The van der Waals surface area contributed by atoms with Crippen LogP contribution in [0.5, 0.6) is 0 Å². The van der Waals surface area contributed by atoms with Crippen LogP contribution < -0.4 is 5.32 Å². The zero-order valence-corrected chi connectivity index (χ0v) is 9.15. The summed E-state index contributed by atoms with van der Waals surface area (Å²) in [6.45, 7) is 4.56. The molecule has 0 saturated carbocycles. The number of aliphatic carboxylic acids is 1. The van der Waals surface area contributed by atoms with Crippen LogP contribution in [-0.4, -0.2) is 59.9 Å². The van der Waals surface area contributed by atoms with Crippen molar-refractivity contribution < 1.29 is 15.0 Å². The van der Waals surface area contributed by atoms with Crippen LogP contribution in [0.3, 0.4) is 0 Å². The largest absolute Gasteiger partial charge is 0.480 e. The Labute approximate surface area is 90.1 Å². The molecule has 0 aromatic heterocycles. The van der Waals surface area contributed by atoms with Crippen LogP contribution in [0, 0.1) is 5.92 Å². The Morgan fingerprint density at radius 1 is 1.53 bits per heavy atom. The van der Waals surface area contributed by atoms with Crippen molar-refractivity contribution in [3.05, 3.63) is 0 Å². The molecule has 5 nitrogen and oxygen atoms in total. The molecule has 1 fully saturated rings. The number of carboxylic acids is 1. The van der Waals surface area contributed by atoms with Crippen LogP contribution in [-0.2, 0) is 4.79 Å². The lowest BCUT2D eigenvalue weighted by Gasteiger charge is -2.35. The predicted molar refractivity (Wildman–Crippen MR) is 56.7 cm³/mol. The van der Waals surface area contributed by atoms with E-state index in [9.17, 15) is 4.79 Å². The minimum Gasteiger partial charge on any atom is -0.480 e. The summed E-state index contributed by atoms with van der Waals surface area (Å²) < 4.78 is 0. The number of nitrogens with one attached hydrogen (secondary N) is 1. The number of hydrogen-bond acceptors (Lipinski definition) is 4. The van der Waals surface area contributed by atoms with Crippen molar-refractivity contribution in [2.24, 2.45) is 5.92 Å². The number of piperidine rings is 1. The summed E-state index contributed by atoms with van der Waals surface area (Å²) in [5.41, 5.74) is 0. The minimum absolute atomic E-state index is 0.113. The average Bonchev–Trinajstić information content (AvgIpc) is 2.12. The van der Waals surface area contributed by atoms with Gasteiger partial charge in [-0.1, -0.05) is 6.92 Å². The number of carboxylic acid groups (broad SMARTS) is 1. The van der Waals surface area contributed by atoms with E-state index in [1.807, 2.05) is 4.90 Å². The number of aliphatic hydroxyl groups excluding tert-OH is 1. The van der Waals surface area contributed by atoms with Crippen LogP contribution in [0.25, 0.3) is 0 Å². The number of aliphatic hydroxyl groups is 1. The molecule has 2 atom stereocenters. The van der Waals surface area contributed by atoms with Gasteiger partial charge in [-0.05, 0) is 12.3 Å². The second-order valence-corrected chi connectivity index (χ2v) is 4.30. The maximum absolute atomic E-state index is 10.6. The first kappa shape index (κ1) is 12.4. The highest BCUT2D eigenvalue weighted by Gasteiger charge is 2.25. The Balaban J connectivity index is 2.37. The summed E-state index contributed by atoms with van der Waals surface area (Å²) in [6, 6.07) is 0.306. The molecule has 0 radical (unpaired) electrons. The van der Waals surface area contributed by atoms with E-state index in [0.717, 1.165) is 19.5 Å². The molecule has 1 rings (SSSR count). The van der Waals surface area contributed by atoms with E-state index in [1.54, 1.807) is 0 Å². The molecule has 88 valence electrons. The van der Waals surface area contributed by atoms with Crippen molar-refractivity contribution in [3.8, 4) is 0 Å². The molecule has 3 N–H and O–H groups in total. The topological polar surface area (TPSA) is 72.8 Å².